The van der Waals surface area contributed by atoms with Crippen LogP contribution < -0.4 is 5.43 Å². The van der Waals surface area contributed by atoms with Gasteiger partial charge in [-0.2, -0.15) is 5.10 Å². The molecule has 1 amide bonds. The number of nitrogens with one attached hydrogen (secondary N) is 1. The van der Waals surface area contributed by atoms with Crippen molar-refractivity contribution in [2.24, 2.45) is 33.7 Å². The summed E-state index contributed by atoms with van der Waals surface area (Å²) in [6.07, 6.45) is 8.00. The predicted molar refractivity (Wildman–Crippen MR) is 155 cm³/mol. The number of hydrogen-bond donors (Lipinski definition) is 4. The van der Waals surface area contributed by atoms with E-state index in [1.54, 1.807) is 18.4 Å². The van der Waals surface area contributed by atoms with E-state index in [2.05, 4.69) is 22.4 Å². The zero-order valence-corrected chi connectivity index (χ0v) is 24.0. The summed E-state index contributed by atoms with van der Waals surface area (Å²) in [5.74, 6) is -0.829. The second-order valence-corrected chi connectivity index (χ2v) is 13.6. The van der Waals surface area contributed by atoms with Crippen molar-refractivity contribution in [3.8, 4) is 0 Å². The fourth-order valence-electron chi connectivity index (χ4n) is 9.82. The number of carbonyl (C=O) groups is 2. The number of aliphatic hydroxyl groups excluding tert-OH is 1. The van der Waals surface area contributed by atoms with Gasteiger partial charge in [-0.05, 0) is 86.8 Å². The second kappa shape index (κ2) is 9.69. The minimum Gasteiger partial charge on any atom is -0.458 e. The molecule has 8 atom stereocenters. The zero-order valence-electron chi connectivity index (χ0n) is 24.0. The van der Waals surface area contributed by atoms with Gasteiger partial charge in [-0.15, -0.1) is 0 Å². The summed E-state index contributed by atoms with van der Waals surface area (Å²) in [7, 11) is 0. The number of nitrogens with zero attached hydrogens (tertiary/aromatic N) is 2. The Labute approximate surface area is 245 Å². The molecule has 4 N–H and O–H groups in total. The van der Waals surface area contributed by atoms with Crippen LogP contribution in [-0.2, 0) is 9.53 Å². The zero-order chi connectivity index (χ0) is 29.3. The van der Waals surface area contributed by atoms with Crippen LogP contribution in [0, 0.1) is 28.6 Å². The first-order valence-electron chi connectivity index (χ1n) is 15.3. The van der Waals surface area contributed by atoms with Crippen LogP contribution in [-0.4, -0.2) is 62.3 Å². The van der Waals surface area contributed by atoms with Crippen LogP contribution in [0.5, 0.6) is 0 Å². The smallest absolute Gasteiger partial charge is 0.331 e. The van der Waals surface area contributed by atoms with E-state index in [0.29, 0.717) is 38.7 Å². The van der Waals surface area contributed by atoms with Gasteiger partial charge in [0, 0.05) is 34.9 Å². The monoisotopic (exact) mass is 573 g/mol. The number of para-hydroxylation sites is 1. The molecule has 1 aliphatic heterocycles. The molecule has 1 aromatic carbocycles. The van der Waals surface area contributed by atoms with Gasteiger partial charge in [-0.1, -0.05) is 31.2 Å². The number of aliphatic hydroxyl groups is 3. The maximum Gasteiger partial charge on any atom is 0.331 e. The van der Waals surface area contributed by atoms with Crippen molar-refractivity contribution in [1.29, 1.82) is 0 Å². The lowest BCUT2D eigenvalue weighted by atomic mass is 9.41. The van der Waals surface area contributed by atoms with E-state index in [1.165, 1.54) is 0 Å². The van der Waals surface area contributed by atoms with Crippen molar-refractivity contribution < 1.29 is 29.6 Å². The molecule has 0 bridgehead atoms. The van der Waals surface area contributed by atoms with Crippen LogP contribution in [0.2, 0.25) is 0 Å². The molecule has 5 unspecified atom stereocenters. The summed E-state index contributed by atoms with van der Waals surface area (Å²) < 4.78 is 5.24. The molecule has 0 radical (unpaired) electrons. The van der Waals surface area contributed by atoms with Crippen LogP contribution in [0.1, 0.15) is 75.2 Å². The van der Waals surface area contributed by atoms with E-state index >= 15 is 0 Å². The van der Waals surface area contributed by atoms with Crippen molar-refractivity contribution in [2.75, 3.05) is 6.61 Å². The molecule has 42 heavy (non-hydrogen) atoms. The fraction of sp³-hybridized carbons (Fsp3) is 0.576. The SMILES string of the molecule is CC12CC[C@H]3[C@@H](CCC4(O)C[C@H](O)CCC34/C=N/NC(=O)c3ccc4ccccc4n3)C1(O)CCC2C1=CC(=O)OC1. The average molecular weight is 574 g/mol. The topological polar surface area (TPSA) is 141 Å². The molecule has 9 nitrogen and oxygen atoms in total. The maximum absolute atomic E-state index is 13.1. The fourth-order valence-corrected chi connectivity index (χ4v) is 9.82. The number of rotatable bonds is 4. The van der Waals surface area contributed by atoms with E-state index in [0.717, 1.165) is 35.7 Å². The number of hydrogen-bond acceptors (Lipinski definition) is 8. The summed E-state index contributed by atoms with van der Waals surface area (Å²) >= 11 is 0. The highest BCUT2D eigenvalue weighted by Gasteiger charge is 2.71. The lowest BCUT2D eigenvalue weighted by Gasteiger charge is -2.65. The number of hydrazone groups is 1. The summed E-state index contributed by atoms with van der Waals surface area (Å²) in [5, 5.41) is 40.7. The Balaban J connectivity index is 1.19. The lowest BCUT2D eigenvalue weighted by molar-refractivity contribution is -0.237. The van der Waals surface area contributed by atoms with E-state index in [4.69, 9.17) is 4.74 Å². The highest BCUT2D eigenvalue weighted by Crippen LogP contribution is 2.70. The van der Waals surface area contributed by atoms with Gasteiger partial charge in [0.2, 0.25) is 0 Å². The molecule has 2 heterocycles. The number of amides is 1. The van der Waals surface area contributed by atoms with Crippen molar-refractivity contribution in [3.05, 3.63) is 53.7 Å². The van der Waals surface area contributed by atoms with Crippen LogP contribution >= 0.6 is 0 Å². The van der Waals surface area contributed by atoms with Gasteiger partial charge in [0.05, 0.1) is 22.8 Å². The third kappa shape index (κ3) is 3.93. The van der Waals surface area contributed by atoms with Crippen LogP contribution in [0.25, 0.3) is 10.9 Å². The molecular formula is C33H39N3O6. The predicted octanol–water partition coefficient (Wildman–Crippen LogP) is 3.66. The van der Waals surface area contributed by atoms with Crippen molar-refractivity contribution in [3.63, 3.8) is 0 Å². The Morgan fingerprint density at radius 2 is 1.86 bits per heavy atom. The number of esters is 1. The molecule has 4 aliphatic carbocycles. The van der Waals surface area contributed by atoms with E-state index < -0.39 is 34.0 Å². The summed E-state index contributed by atoms with van der Waals surface area (Å²) in [5.41, 5.74) is 1.22. The molecule has 0 saturated heterocycles. The Morgan fingerprint density at radius 1 is 1.05 bits per heavy atom. The Kier molecular flexibility index (Phi) is 6.39. The number of cyclic esters (lactones) is 1. The quantitative estimate of drug-likeness (QED) is 0.249. The minimum atomic E-state index is -1.20. The normalized spacial score (nSPS) is 41.1. The Morgan fingerprint density at radius 3 is 2.67 bits per heavy atom. The molecular weight excluding hydrogens is 534 g/mol. The van der Waals surface area contributed by atoms with Crippen molar-refractivity contribution in [1.82, 2.24) is 10.4 Å². The lowest BCUT2D eigenvalue weighted by Crippen LogP contribution is -2.68. The van der Waals surface area contributed by atoms with Gasteiger partial charge >= 0.3 is 5.97 Å². The highest BCUT2D eigenvalue weighted by atomic mass is 16.5. The number of fused-ring (bicyclic) bond motifs is 6. The number of carbonyl (C=O) groups excluding carboxylic acids is 2. The number of pyridine rings is 1. The molecule has 0 spiro atoms. The molecule has 4 saturated carbocycles. The summed E-state index contributed by atoms with van der Waals surface area (Å²) in [4.78, 5) is 29.4. The van der Waals surface area contributed by atoms with Crippen LogP contribution in [0.15, 0.2) is 53.1 Å². The minimum absolute atomic E-state index is 0.0715. The first-order chi connectivity index (χ1) is 20.1. The number of aromatic nitrogens is 1. The third-order valence-corrected chi connectivity index (χ3v) is 11.9. The third-order valence-electron chi connectivity index (χ3n) is 11.9. The van der Waals surface area contributed by atoms with Gasteiger partial charge in [-0.3, -0.25) is 4.79 Å². The first kappa shape index (κ1) is 27.7. The van der Waals surface area contributed by atoms with E-state index in [-0.39, 0.29) is 35.8 Å². The van der Waals surface area contributed by atoms with E-state index in [9.17, 15) is 24.9 Å². The van der Waals surface area contributed by atoms with Crippen molar-refractivity contribution >= 4 is 29.0 Å². The summed E-state index contributed by atoms with van der Waals surface area (Å²) in [6.45, 7) is 2.46. The van der Waals surface area contributed by atoms with Crippen molar-refractivity contribution in [2.45, 2.75) is 82.0 Å². The Hall–Kier alpha value is -3.14. The summed E-state index contributed by atoms with van der Waals surface area (Å²) in [6, 6.07) is 11.1. The van der Waals surface area contributed by atoms with Gasteiger partial charge in [0.25, 0.3) is 5.91 Å². The molecule has 9 heteroatoms. The number of benzene rings is 1. The van der Waals surface area contributed by atoms with Crippen LogP contribution in [0.4, 0.5) is 0 Å². The Bertz CT molecular complexity index is 1510. The molecule has 2 aromatic rings. The van der Waals surface area contributed by atoms with Crippen LogP contribution in [0.3, 0.4) is 0 Å². The molecule has 7 rings (SSSR count). The largest absolute Gasteiger partial charge is 0.458 e. The highest BCUT2D eigenvalue weighted by molar-refractivity contribution is 5.95. The first-order valence-corrected chi connectivity index (χ1v) is 15.3. The van der Waals surface area contributed by atoms with Gasteiger partial charge < -0.3 is 20.1 Å². The van der Waals surface area contributed by atoms with Gasteiger partial charge in [-0.25, -0.2) is 15.2 Å². The molecule has 222 valence electrons. The molecule has 1 aromatic heterocycles. The second-order valence-electron chi connectivity index (χ2n) is 13.6. The van der Waals surface area contributed by atoms with Gasteiger partial charge in [0.15, 0.2) is 0 Å². The average Bonchev–Trinajstić information content (AvgIpc) is 3.52. The standard InChI is InChI=1S/C33H39N3O6/c1-30-12-9-24-25(33(30,41)15-11-23(30)21-16-28(38)42-18-21)10-14-32(40)17-22(37)8-13-31(24,32)19-34-36-29(39)27-7-6-20-4-2-3-5-26(20)35-27/h2-7,16,19,22-25,37,40-41H,8-15,17-18H2,1H3,(H,36,39)/b34-19+/t22-,23?,24+,25-,30?,31?,32?,33?/m1/s1. The maximum atomic E-state index is 13.1. The van der Waals surface area contributed by atoms with E-state index in [1.807, 2.05) is 30.3 Å². The van der Waals surface area contributed by atoms with Gasteiger partial charge in [0.1, 0.15) is 12.3 Å². The molecule has 4 fully saturated rings. The number of ether oxygens (including phenoxy) is 1. The molecule has 5 aliphatic rings.